The number of hydrogen-bond acceptors (Lipinski definition) is 2. The Morgan fingerprint density at radius 2 is 0.952 bits per heavy atom. The Labute approximate surface area is 363 Å². The molecule has 0 unspecified atom stereocenters. The molecule has 0 fully saturated rings. The number of anilines is 3. The van der Waals surface area contributed by atoms with Gasteiger partial charge in [0.1, 0.15) is 5.58 Å². The van der Waals surface area contributed by atoms with Gasteiger partial charge in [0.25, 0.3) is 0 Å². The lowest BCUT2D eigenvalue weighted by molar-refractivity contribution is 0.669. The van der Waals surface area contributed by atoms with Gasteiger partial charge in [-0.2, -0.15) is 0 Å². The third-order valence-electron chi connectivity index (χ3n) is 13.0. The second-order valence-corrected chi connectivity index (χ2v) is 16.5. The molecule has 13 aromatic rings. The lowest BCUT2D eigenvalue weighted by Gasteiger charge is -2.26. The van der Waals surface area contributed by atoms with Crippen LogP contribution in [-0.4, -0.2) is 4.57 Å². The highest BCUT2D eigenvalue weighted by Gasteiger charge is 2.21. The maximum absolute atomic E-state index is 6.68. The molecule has 0 aliphatic rings. The van der Waals surface area contributed by atoms with E-state index in [4.69, 9.17) is 4.42 Å². The molecule has 0 saturated heterocycles. The van der Waals surface area contributed by atoms with Crippen molar-refractivity contribution >= 4 is 93.1 Å². The van der Waals surface area contributed by atoms with Crippen molar-refractivity contribution in [3.8, 4) is 27.9 Å². The van der Waals surface area contributed by atoms with Crippen LogP contribution in [0.4, 0.5) is 17.1 Å². The van der Waals surface area contributed by atoms with E-state index in [1.54, 1.807) is 0 Å². The van der Waals surface area contributed by atoms with Gasteiger partial charge in [-0.1, -0.05) is 170 Å². The van der Waals surface area contributed by atoms with Crippen LogP contribution < -0.4 is 4.90 Å². The van der Waals surface area contributed by atoms with Gasteiger partial charge in [-0.25, -0.2) is 0 Å². The third-order valence-corrected chi connectivity index (χ3v) is 13.0. The van der Waals surface area contributed by atoms with Gasteiger partial charge < -0.3 is 13.9 Å². The smallest absolute Gasteiger partial charge is 0.159 e. The van der Waals surface area contributed by atoms with Gasteiger partial charge in [-0.05, 0) is 110 Å². The predicted octanol–water partition coefficient (Wildman–Crippen LogP) is 16.9. The average Bonchev–Trinajstić information content (AvgIpc) is 3.91. The molecule has 0 atom stereocenters. The van der Waals surface area contributed by atoms with Crippen molar-refractivity contribution < 1.29 is 4.42 Å². The van der Waals surface area contributed by atoms with Crippen molar-refractivity contribution in [2.45, 2.75) is 0 Å². The monoisotopic (exact) mass is 802 g/mol. The minimum Gasteiger partial charge on any atom is -0.454 e. The highest BCUT2D eigenvalue weighted by Crippen LogP contribution is 2.44. The zero-order valence-electron chi connectivity index (χ0n) is 34.2. The van der Waals surface area contributed by atoms with Crippen LogP contribution in [0.5, 0.6) is 0 Å². The summed E-state index contributed by atoms with van der Waals surface area (Å²) in [5.74, 6) is 0. The number of fused-ring (bicyclic) bond motifs is 11. The minimum atomic E-state index is 0.860. The first kappa shape index (κ1) is 35.4. The van der Waals surface area contributed by atoms with Crippen molar-refractivity contribution in [3.63, 3.8) is 0 Å². The third kappa shape index (κ3) is 5.60. The van der Waals surface area contributed by atoms with Gasteiger partial charge in [0.05, 0.1) is 16.7 Å². The van der Waals surface area contributed by atoms with Gasteiger partial charge >= 0.3 is 0 Å². The second kappa shape index (κ2) is 14.1. The fraction of sp³-hybridized carbons (Fsp3) is 0. The summed E-state index contributed by atoms with van der Waals surface area (Å²) in [4.78, 5) is 2.33. The maximum atomic E-state index is 6.68. The molecule has 0 amide bonds. The summed E-state index contributed by atoms with van der Waals surface area (Å²) in [5.41, 5.74) is 13.1. The van der Waals surface area contributed by atoms with E-state index in [9.17, 15) is 0 Å². The maximum Gasteiger partial charge on any atom is 0.159 e. The molecule has 294 valence electrons. The number of aromatic nitrogens is 1. The minimum absolute atomic E-state index is 0.860. The summed E-state index contributed by atoms with van der Waals surface area (Å²) in [6.45, 7) is 0. The zero-order valence-corrected chi connectivity index (χ0v) is 34.2. The molecule has 11 aromatic carbocycles. The Bertz CT molecular complexity index is 3900. The summed E-state index contributed by atoms with van der Waals surface area (Å²) >= 11 is 0. The van der Waals surface area contributed by atoms with E-state index in [1.807, 2.05) is 6.07 Å². The average molecular weight is 803 g/mol. The van der Waals surface area contributed by atoms with E-state index >= 15 is 0 Å². The van der Waals surface area contributed by atoms with Gasteiger partial charge in [0.2, 0.25) is 0 Å². The van der Waals surface area contributed by atoms with Gasteiger partial charge in [-0.3, -0.25) is 0 Å². The summed E-state index contributed by atoms with van der Waals surface area (Å²) < 4.78 is 9.11. The first-order valence-corrected chi connectivity index (χ1v) is 21.6. The van der Waals surface area contributed by atoms with E-state index in [1.165, 1.54) is 65.3 Å². The summed E-state index contributed by atoms with van der Waals surface area (Å²) in [6, 6.07) is 83.4. The molecule has 2 heterocycles. The highest BCUT2D eigenvalue weighted by molar-refractivity contribution is 6.19. The predicted molar refractivity (Wildman–Crippen MR) is 266 cm³/mol. The summed E-state index contributed by atoms with van der Waals surface area (Å²) in [7, 11) is 0. The van der Waals surface area contributed by atoms with Crippen LogP contribution in [0, 0.1) is 0 Å². The lowest BCUT2D eigenvalue weighted by Crippen LogP contribution is -2.10. The molecule has 0 aliphatic heterocycles. The van der Waals surface area contributed by atoms with E-state index in [-0.39, 0.29) is 0 Å². The van der Waals surface area contributed by atoms with Crippen molar-refractivity contribution in [1.29, 1.82) is 0 Å². The quantitative estimate of drug-likeness (QED) is 0.156. The van der Waals surface area contributed by atoms with Crippen molar-refractivity contribution in [2.75, 3.05) is 4.90 Å². The molecule has 63 heavy (non-hydrogen) atoms. The molecular weight excluding hydrogens is 765 g/mol. The van der Waals surface area contributed by atoms with Gasteiger partial charge in [0.15, 0.2) is 5.58 Å². The van der Waals surface area contributed by atoms with Gasteiger partial charge in [-0.15, -0.1) is 0 Å². The van der Waals surface area contributed by atoms with Crippen LogP contribution in [-0.2, 0) is 0 Å². The number of rotatable bonds is 6. The Morgan fingerprint density at radius 3 is 1.75 bits per heavy atom. The molecule has 3 heteroatoms. The van der Waals surface area contributed by atoms with Crippen molar-refractivity contribution in [1.82, 2.24) is 4.57 Å². The molecule has 0 saturated carbocycles. The highest BCUT2D eigenvalue weighted by atomic mass is 16.3. The Hall–Kier alpha value is -8.40. The number of nitrogens with zero attached hydrogens (tertiary/aromatic N) is 2. The van der Waals surface area contributed by atoms with Crippen molar-refractivity contribution in [3.05, 3.63) is 231 Å². The van der Waals surface area contributed by atoms with Crippen LogP contribution in [0.2, 0.25) is 0 Å². The van der Waals surface area contributed by atoms with Crippen LogP contribution >= 0.6 is 0 Å². The standard InChI is InChI=1S/C60H38N2O/c1-2-15-44(16-3-1)62-57-38-42(30-35-51(57)53-36-29-40-13-4-7-18-48(40)59(53)62)39-25-31-45(32-26-39)61(56-23-12-22-54-52-21-10-11-24-58(52)63-60(54)56)46-33-27-41(28-34-46)55-37-43-14-5-6-17-47(43)49-19-8-9-20-50(49)55/h1-38H. The second-order valence-electron chi connectivity index (χ2n) is 16.5. The van der Waals surface area contributed by atoms with E-state index in [2.05, 4.69) is 234 Å². The fourth-order valence-electron chi connectivity index (χ4n) is 10.0. The number of benzene rings is 11. The van der Waals surface area contributed by atoms with E-state index in [0.717, 1.165) is 55.8 Å². The molecule has 2 aromatic heterocycles. The molecule has 0 bridgehead atoms. The number of furan rings is 1. The molecule has 0 radical (unpaired) electrons. The van der Waals surface area contributed by atoms with Crippen molar-refractivity contribution in [2.24, 2.45) is 0 Å². The molecule has 0 aliphatic carbocycles. The number of para-hydroxylation sites is 3. The Balaban J connectivity index is 0.956. The Kier molecular flexibility index (Phi) is 7.91. The zero-order chi connectivity index (χ0) is 41.4. The largest absolute Gasteiger partial charge is 0.454 e. The molecule has 0 spiro atoms. The molecule has 3 nitrogen and oxygen atoms in total. The van der Waals surface area contributed by atoms with Crippen LogP contribution in [0.1, 0.15) is 0 Å². The van der Waals surface area contributed by atoms with Gasteiger partial charge in [0, 0.05) is 44.0 Å². The van der Waals surface area contributed by atoms with Crippen LogP contribution in [0.3, 0.4) is 0 Å². The summed E-state index contributed by atoms with van der Waals surface area (Å²) in [5, 5.41) is 12.2. The first-order valence-electron chi connectivity index (χ1n) is 21.6. The lowest BCUT2D eigenvalue weighted by atomic mass is 9.93. The van der Waals surface area contributed by atoms with Crippen LogP contribution in [0.15, 0.2) is 235 Å². The normalized spacial score (nSPS) is 11.8. The molecule has 13 rings (SSSR count). The Morgan fingerprint density at radius 1 is 0.349 bits per heavy atom. The summed E-state index contributed by atoms with van der Waals surface area (Å²) in [6.07, 6.45) is 0. The topological polar surface area (TPSA) is 21.3 Å². The van der Waals surface area contributed by atoms with E-state index < -0.39 is 0 Å². The molecular formula is C60H38N2O. The SMILES string of the molecule is c1ccc(-n2c3cc(-c4ccc(N(c5ccc(-c6cc7ccccc7c7ccccc67)cc5)c5cccc6c5oc5ccccc56)cc4)ccc3c3ccc4ccccc4c32)cc1. The molecule has 0 N–H and O–H groups in total. The van der Waals surface area contributed by atoms with Crippen LogP contribution in [0.25, 0.3) is 104 Å². The van der Waals surface area contributed by atoms with E-state index in [0.29, 0.717) is 0 Å². The first-order chi connectivity index (χ1) is 31.2. The fourth-order valence-corrected chi connectivity index (χ4v) is 10.0. The number of hydrogen-bond donors (Lipinski definition) is 0.